The highest BCUT2D eigenvalue weighted by Crippen LogP contribution is 2.39. The third-order valence-electron chi connectivity index (χ3n) is 9.43. The van der Waals surface area contributed by atoms with Gasteiger partial charge in [-0.2, -0.15) is 0 Å². The van der Waals surface area contributed by atoms with Crippen LogP contribution in [0.15, 0.2) is 65.0 Å². The van der Waals surface area contributed by atoms with Crippen LogP contribution >= 0.6 is 0 Å². The van der Waals surface area contributed by atoms with Gasteiger partial charge < -0.3 is 30.7 Å². The number of hydrogen-bond acceptors (Lipinski definition) is 6. The summed E-state index contributed by atoms with van der Waals surface area (Å²) >= 11 is 0. The van der Waals surface area contributed by atoms with Crippen molar-refractivity contribution in [1.29, 1.82) is 0 Å². The molecule has 2 unspecified atom stereocenters. The Hall–Kier alpha value is -4.05. The first kappa shape index (κ1) is 41.1. The number of para-hydroxylation sites is 1. The Morgan fingerprint density at radius 3 is 2.49 bits per heavy atom. The summed E-state index contributed by atoms with van der Waals surface area (Å²) in [5.74, 6) is 2.45. The predicted octanol–water partition coefficient (Wildman–Crippen LogP) is 3.79. The van der Waals surface area contributed by atoms with Crippen LogP contribution in [-0.2, 0) is 4.79 Å². The standard InChI is InChI=1S/C25H37N5O3.C12H19NO.C2H6/c1-6-20(26)29-19-12-27-23(14(2)3)30-13-18(22(31)25(19,30)5)28-24(32)17-9-7-8-16-15(4)10-11-33-21(16)17;1-5-7-11(12(14)13-4)9-8-10(3)6-2;1-2/h7-9,15,18-19,22,27,31H,6,10-13H2,1-5H3,(H2,26,29)(H,28,32);6-9H,5H2,1-4H3,(H,13,14);1-2H3/p+1/b;9-8-,10-6-,11-7-;/t15?,18-,19?,22-,25+;;/m1../s1. The van der Waals surface area contributed by atoms with Crippen molar-refractivity contribution in [1.82, 2.24) is 20.9 Å². The summed E-state index contributed by atoms with van der Waals surface area (Å²) in [6.45, 7) is 22.0. The normalized spacial score (nSPS) is 25.0. The highest BCUT2D eigenvalue weighted by Gasteiger charge is 2.59. The number of nitrogens with two attached hydrogens (primary N) is 1. The molecule has 0 aromatic heterocycles. The lowest BCUT2D eigenvalue weighted by Gasteiger charge is -2.47. The van der Waals surface area contributed by atoms with E-state index < -0.39 is 17.7 Å². The van der Waals surface area contributed by atoms with Gasteiger partial charge in [0.05, 0.1) is 24.8 Å². The molecule has 3 aliphatic heterocycles. The van der Waals surface area contributed by atoms with Crippen LogP contribution < -0.4 is 31.4 Å². The van der Waals surface area contributed by atoms with Crippen molar-refractivity contribution in [3.05, 3.63) is 76.2 Å². The van der Waals surface area contributed by atoms with Gasteiger partial charge in [0, 0.05) is 25.6 Å². The second-order valence-electron chi connectivity index (χ2n) is 12.9. The molecule has 5 atom stereocenters. The highest BCUT2D eigenvalue weighted by molar-refractivity contribution is 5.98. The van der Waals surface area contributed by atoms with Crippen LogP contribution in [0.25, 0.3) is 0 Å². The van der Waals surface area contributed by atoms with Gasteiger partial charge >= 0.3 is 0 Å². The van der Waals surface area contributed by atoms with Crippen LogP contribution in [0.5, 0.6) is 5.75 Å². The van der Waals surface area contributed by atoms with Gasteiger partial charge in [0.15, 0.2) is 0 Å². The molecule has 49 heavy (non-hydrogen) atoms. The second-order valence-corrected chi connectivity index (χ2v) is 12.9. The minimum Gasteiger partial charge on any atom is -0.492 e. The quantitative estimate of drug-likeness (QED) is 0.106. The Balaban J connectivity index is 0.000000440. The number of rotatable bonds is 8. The fourth-order valence-electron chi connectivity index (χ4n) is 6.32. The van der Waals surface area contributed by atoms with Crippen LogP contribution in [0.1, 0.15) is 110 Å². The van der Waals surface area contributed by atoms with Gasteiger partial charge in [0.1, 0.15) is 29.3 Å². The maximum absolute atomic E-state index is 13.4. The first-order valence-corrected chi connectivity index (χ1v) is 17.9. The SMILES string of the molecule is CC.CCC(N)=[NH+]C1CNC(=C(C)C)N2C[C@@H](NC(=O)c3cccc4c3OCCC4C)[C@@H](O)[C@]12C.C\C=C(C)/C=C\C(=C\CC)C(=O)NC. The molecule has 3 heterocycles. The zero-order chi connectivity index (χ0) is 36.9. The Labute approximate surface area is 295 Å². The van der Waals surface area contributed by atoms with Crippen molar-refractivity contribution >= 4 is 17.6 Å². The number of amides is 2. The zero-order valence-electron chi connectivity index (χ0n) is 31.8. The summed E-state index contributed by atoms with van der Waals surface area (Å²) < 4.78 is 5.90. The van der Waals surface area contributed by atoms with Crippen LogP contribution in [0.4, 0.5) is 0 Å². The molecule has 0 bridgehead atoms. The van der Waals surface area contributed by atoms with Crippen LogP contribution in [0.3, 0.4) is 0 Å². The van der Waals surface area contributed by atoms with Crippen molar-refractivity contribution in [3.8, 4) is 5.75 Å². The summed E-state index contributed by atoms with van der Waals surface area (Å²) in [5.41, 5.74) is 10.1. The van der Waals surface area contributed by atoms with Gasteiger partial charge in [-0.15, -0.1) is 0 Å². The van der Waals surface area contributed by atoms with E-state index in [1.54, 1.807) is 13.1 Å². The highest BCUT2D eigenvalue weighted by atomic mass is 16.5. The number of ether oxygens (including phenoxy) is 1. The smallest absolute Gasteiger partial charge is 0.255 e. The average Bonchev–Trinajstić information content (AvgIpc) is 3.36. The number of aliphatic hydroxyl groups is 1. The monoisotopic (exact) mass is 679 g/mol. The molecule has 10 heteroatoms. The fraction of sp³-hybridized carbons (Fsp3) is 0.564. The number of nitrogens with zero attached hydrogens (tertiary/aromatic N) is 1. The minimum atomic E-state index is -0.792. The number of nitrogens with one attached hydrogen (secondary N) is 4. The molecule has 2 amide bonds. The number of allylic oxidation sites excluding steroid dienone is 5. The first-order chi connectivity index (χ1) is 23.3. The summed E-state index contributed by atoms with van der Waals surface area (Å²) in [6.07, 6.45) is 9.42. The van der Waals surface area contributed by atoms with Gasteiger partial charge in [-0.1, -0.05) is 70.6 Å². The van der Waals surface area contributed by atoms with E-state index in [-0.39, 0.29) is 17.9 Å². The van der Waals surface area contributed by atoms with E-state index in [4.69, 9.17) is 10.5 Å². The Bertz CT molecular complexity index is 1440. The van der Waals surface area contributed by atoms with E-state index in [0.29, 0.717) is 49.2 Å². The molecule has 1 aromatic rings. The zero-order valence-corrected chi connectivity index (χ0v) is 31.8. The predicted molar refractivity (Wildman–Crippen MR) is 200 cm³/mol. The van der Waals surface area contributed by atoms with Gasteiger partial charge in [-0.3, -0.25) is 20.3 Å². The van der Waals surface area contributed by atoms with E-state index in [1.807, 2.05) is 84.9 Å². The van der Waals surface area contributed by atoms with E-state index in [1.165, 1.54) is 0 Å². The van der Waals surface area contributed by atoms with Crippen molar-refractivity contribution in [2.24, 2.45) is 5.73 Å². The molecule has 1 aromatic carbocycles. The fourth-order valence-corrected chi connectivity index (χ4v) is 6.32. The summed E-state index contributed by atoms with van der Waals surface area (Å²) in [7, 11) is 1.64. The van der Waals surface area contributed by atoms with E-state index in [0.717, 1.165) is 40.9 Å². The molecule has 4 rings (SSSR count). The molecule has 2 fully saturated rings. The Morgan fingerprint density at radius 2 is 1.90 bits per heavy atom. The van der Waals surface area contributed by atoms with Gasteiger partial charge in [0.2, 0.25) is 5.84 Å². The largest absolute Gasteiger partial charge is 0.492 e. The lowest BCUT2D eigenvalue weighted by atomic mass is 9.84. The molecule has 0 radical (unpaired) electrons. The summed E-state index contributed by atoms with van der Waals surface area (Å²) in [5, 5.41) is 20.8. The number of likely N-dealkylation sites (N-methyl/N-ethyl adjacent to an activating group) is 1. The van der Waals surface area contributed by atoms with Crippen LogP contribution in [0.2, 0.25) is 0 Å². The molecule has 7 N–H and O–H groups in total. The summed E-state index contributed by atoms with van der Waals surface area (Å²) in [4.78, 5) is 30.3. The van der Waals surface area contributed by atoms with Crippen molar-refractivity contribution in [3.63, 3.8) is 0 Å². The third kappa shape index (κ3) is 9.78. The van der Waals surface area contributed by atoms with E-state index in [2.05, 4.69) is 46.6 Å². The lowest BCUT2D eigenvalue weighted by Crippen LogP contribution is -2.92. The Morgan fingerprint density at radius 1 is 1.20 bits per heavy atom. The first-order valence-electron chi connectivity index (χ1n) is 17.9. The topological polar surface area (TPSA) is 143 Å². The van der Waals surface area contributed by atoms with Crippen molar-refractivity contribution in [2.75, 3.05) is 26.7 Å². The molecule has 2 saturated heterocycles. The number of carbonyl (C=O) groups is 2. The van der Waals surface area contributed by atoms with Gasteiger partial charge in [-0.05, 0) is 76.7 Å². The number of aliphatic hydroxyl groups excluding tert-OH is 1. The number of carbonyl (C=O) groups excluding carboxylic acids is 2. The van der Waals surface area contributed by atoms with Crippen LogP contribution in [-0.4, -0.2) is 78.1 Å². The second kappa shape index (κ2) is 19.2. The third-order valence-corrected chi connectivity index (χ3v) is 9.43. The van der Waals surface area contributed by atoms with E-state index in [9.17, 15) is 14.7 Å². The molecule has 272 valence electrons. The molecule has 3 aliphatic rings. The minimum absolute atomic E-state index is 0.0352. The molecule has 0 saturated carbocycles. The number of fused-ring (bicyclic) bond motifs is 2. The summed E-state index contributed by atoms with van der Waals surface area (Å²) in [6, 6.07) is 5.17. The average molecular weight is 680 g/mol. The van der Waals surface area contributed by atoms with Crippen molar-refractivity contribution < 1.29 is 24.4 Å². The molecular formula is C39H63N6O4+. The molecule has 0 aliphatic carbocycles. The number of benzene rings is 1. The van der Waals surface area contributed by atoms with Gasteiger partial charge in [-0.25, -0.2) is 0 Å². The number of amidine groups is 1. The maximum atomic E-state index is 13.4. The Kier molecular flexibility index (Phi) is 16.1. The molecule has 0 spiro atoms. The van der Waals surface area contributed by atoms with Crippen LogP contribution in [0, 0.1) is 0 Å². The van der Waals surface area contributed by atoms with Crippen molar-refractivity contribution in [2.45, 2.75) is 118 Å². The molecule has 10 nitrogen and oxygen atoms in total. The van der Waals surface area contributed by atoms with E-state index >= 15 is 0 Å². The lowest BCUT2D eigenvalue weighted by molar-refractivity contribution is -0.525. The van der Waals surface area contributed by atoms with Gasteiger partial charge in [0.25, 0.3) is 11.8 Å². The number of hydrogen-bond donors (Lipinski definition) is 6. The maximum Gasteiger partial charge on any atom is 0.255 e. The molecular weight excluding hydrogens is 616 g/mol.